The molecular formula is C19H21N5O. The van der Waals surface area contributed by atoms with Crippen molar-refractivity contribution >= 4 is 5.69 Å². The number of aryl methyl sites for hydroxylation is 1. The number of rotatable bonds is 5. The molecule has 1 aromatic carbocycles. The minimum absolute atomic E-state index is 0.224. The van der Waals surface area contributed by atoms with Gasteiger partial charge in [0.05, 0.1) is 18.3 Å². The van der Waals surface area contributed by atoms with Crippen LogP contribution in [0.5, 0.6) is 5.75 Å². The van der Waals surface area contributed by atoms with E-state index in [9.17, 15) is 0 Å². The van der Waals surface area contributed by atoms with Gasteiger partial charge in [0.25, 0.3) is 0 Å². The molecule has 0 saturated carbocycles. The van der Waals surface area contributed by atoms with E-state index in [0.29, 0.717) is 0 Å². The van der Waals surface area contributed by atoms with E-state index in [2.05, 4.69) is 51.7 Å². The Balaban J connectivity index is 1.59. The van der Waals surface area contributed by atoms with Crippen LogP contribution in [0.1, 0.15) is 30.5 Å². The molecule has 0 amide bonds. The van der Waals surface area contributed by atoms with Crippen molar-refractivity contribution in [3.05, 3.63) is 54.1 Å². The van der Waals surface area contributed by atoms with Gasteiger partial charge in [-0.25, -0.2) is 0 Å². The summed E-state index contributed by atoms with van der Waals surface area (Å²) in [6.45, 7) is 2.97. The van der Waals surface area contributed by atoms with Gasteiger partial charge in [0.1, 0.15) is 12.1 Å². The van der Waals surface area contributed by atoms with Gasteiger partial charge >= 0.3 is 0 Å². The van der Waals surface area contributed by atoms with Crippen LogP contribution < -0.4 is 10.1 Å². The second-order valence-electron chi connectivity index (χ2n) is 6.30. The number of aromatic nitrogens is 4. The van der Waals surface area contributed by atoms with E-state index in [1.807, 2.05) is 24.0 Å². The average Bonchev–Trinajstić information content (AvgIpc) is 3.27. The Hall–Kier alpha value is -2.89. The first kappa shape index (κ1) is 15.6. The summed E-state index contributed by atoms with van der Waals surface area (Å²) in [6, 6.07) is 8.77. The highest BCUT2D eigenvalue weighted by atomic mass is 16.5. The Morgan fingerprint density at radius 2 is 2.20 bits per heavy atom. The lowest BCUT2D eigenvalue weighted by molar-refractivity contribution is 0.357. The van der Waals surface area contributed by atoms with E-state index in [-0.39, 0.29) is 6.04 Å². The number of benzene rings is 1. The van der Waals surface area contributed by atoms with Crippen molar-refractivity contribution < 1.29 is 4.74 Å². The first-order valence-electron chi connectivity index (χ1n) is 8.56. The minimum Gasteiger partial charge on any atom is -0.493 e. The smallest absolute Gasteiger partial charge is 0.165 e. The summed E-state index contributed by atoms with van der Waals surface area (Å²) in [5.41, 5.74) is 4.49. The van der Waals surface area contributed by atoms with E-state index in [4.69, 9.17) is 4.74 Å². The van der Waals surface area contributed by atoms with Crippen LogP contribution in [-0.4, -0.2) is 26.4 Å². The minimum atomic E-state index is 0.224. The van der Waals surface area contributed by atoms with E-state index < -0.39 is 0 Å². The summed E-state index contributed by atoms with van der Waals surface area (Å²) in [5, 5.41) is 11.7. The first-order valence-corrected chi connectivity index (χ1v) is 8.56. The number of pyridine rings is 1. The number of nitrogens with zero attached hydrogens (tertiary/aromatic N) is 4. The van der Waals surface area contributed by atoms with Crippen LogP contribution >= 0.6 is 0 Å². The van der Waals surface area contributed by atoms with E-state index in [1.54, 1.807) is 6.33 Å². The van der Waals surface area contributed by atoms with Crippen molar-refractivity contribution in [2.45, 2.75) is 25.8 Å². The molecule has 128 valence electrons. The number of fused-ring (bicyclic) bond motifs is 1. The number of hydrogen-bond acceptors (Lipinski definition) is 5. The lowest BCUT2D eigenvalue weighted by Gasteiger charge is -2.19. The fourth-order valence-electron chi connectivity index (χ4n) is 3.23. The lowest BCUT2D eigenvalue weighted by atomic mass is 10.0. The first-order chi connectivity index (χ1) is 12.2. The molecule has 1 N–H and O–H groups in total. The van der Waals surface area contributed by atoms with Crippen LogP contribution in [0, 0.1) is 0 Å². The molecule has 0 radical (unpaired) electrons. The SMILES string of the molecule is CC[C@H](Nc1cncc(-c2nncn2C)c1)c1ccc2c(c1)CCO2. The highest BCUT2D eigenvalue weighted by Gasteiger charge is 2.16. The van der Waals surface area contributed by atoms with Gasteiger partial charge < -0.3 is 14.6 Å². The highest BCUT2D eigenvalue weighted by molar-refractivity contribution is 5.61. The van der Waals surface area contributed by atoms with Crippen molar-refractivity contribution in [2.75, 3.05) is 11.9 Å². The van der Waals surface area contributed by atoms with Crippen molar-refractivity contribution in [1.82, 2.24) is 19.7 Å². The summed E-state index contributed by atoms with van der Waals surface area (Å²) in [6.07, 6.45) is 7.31. The molecule has 0 aliphatic carbocycles. The fourth-order valence-corrected chi connectivity index (χ4v) is 3.23. The molecule has 6 nitrogen and oxygen atoms in total. The summed E-state index contributed by atoms with van der Waals surface area (Å²) < 4.78 is 7.50. The predicted octanol–water partition coefficient (Wildman–Crippen LogP) is 3.38. The van der Waals surface area contributed by atoms with Crippen LogP contribution in [0.3, 0.4) is 0 Å². The van der Waals surface area contributed by atoms with Crippen molar-refractivity contribution in [3.8, 4) is 17.1 Å². The third-order valence-electron chi connectivity index (χ3n) is 4.57. The average molecular weight is 335 g/mol. The summed E-state index contributed by atoms with van der Waals surface area (Å²) in [4.78, 5) is 4.36. The summed E-state index contributed by atoms with van der Waals surface area (Å²) in [5.74, 6) is 1.82. The van der Waals surface area contributed by atoms with Gasteiger partial charge in [-0.15, -0.1) is 10.2 Å². The standard InChI is InChI=1S/C19H21N5O/c1-3-17(13-4-5-18-14(8-13)6-7-25-18)22-16-9-15(10-20-11-16)19-23-21-12-24(19)2/h4-5,8-12,17,22H,3,6-7H2,1-2H3/t17-/m0/s1. The highest BCUT2D eigenvalue weighted by Crippen LogP contribution is 2.31. The quantitative estimate of drug-likeness (QED) is 0.774. The summed E-state index contributed by atoms with van der Waals surface area (Å²) in [7, 11) is 1.93. The maximum atomic E-state index is 5.61. The van der Waals surface area contributed by atoms with Gasteiger partial charge in [0.15, 0.2) is 5.82 Å². The van der Waals surface area contributed by atoms with Gasteiger partial charge in [-0.3, -0.25) is 4.98 Å². The molecule has 0 unspecified atom stereocenters. The molecule has 4 rings (SSSR count). The summed E-state index contributed by atoms with van der Waals surface area (Å²) >= 11 is 0. The lowest BCUT2D eigenvalue weighted by Crippen LogP contribution is -2.10. The topological polar surface area (TPSA) is 64.9 Å². The zero-order valence-corrected chi connectivity index (χ0v) is 14.4. The molecule has 25 heavy (non-hydrogen) atoms. The molecule has 1 aliphatic rings. The number of anilines is 1. The van der Waals surface area contributed by atoms with Crippen LogP contribution in [0.2, 0.25) is 0 Å². The maximum absolute atomic E-state index is 5.61. The van der Waals surface area contributed by atoms with E-state index in [0.717, 1.165) is 42.3 Å². The zero-order chi connectivity index (χ0) is 17.2. The number of hydrogen-bond donors (Lipinski definition) is 1. The molecule has 0 bridgehead atoms. The van der Waals surface area contributed by atoms with Crippen LogP contribution in [0.25, 0.3) is 11.4 Å². The molecule has 2 aromatic heterocycles. The molecule has 1 aliphatic heterocycles. The Labute approximate surface area is 146 Å². The number of ether oxygens (including phenoxy) is 1. The van der Waals surface area contributed by atoms with Gasteiger partial charge in [-0.05, 0) is 35.7 Å². The number of nitrogens with one attached hydrogen (secondary N) is 1. The zero-order valence-electron chi connectivity index (χ0n) is 14.4. The maximum Gasteiger partial charge on any atom is 0.165 e. The Bertz CT molecular complexity index is 889. The second-order valence-corrected chi connectivity index (χ2v) is 6.30. The van der Waals surface area contributed by atoms with Crippen molar-refractivity contribution in [1.29, 1.82) is 0 Å². The Morgan fingerprint density at radius 3 is 3.00 bits per heavy atom. The van der Waals surface area contributed by atoms with Gasteiger partial charge in [0.2, 0.25) is 0 Å². The van der Waals surface area contributed by atoms with Crippen molar-refractivity contribution in [3.63, 3.8) is 0 Å². The molecule has 0 spiro atoms. The van der Waals surface area contributed by atoms with Crippen LogP contribution in [0.4, 0.5) is 5.69 Å². The molecule has 3 heterocycles. The third-order valence-corrected chi connectivity index (χ3v) is 4.57. The monoisotopic (exact) mass is 335 g/mol. The molecule has 6 heteroatoms. The van der Waals surface area contributed by atoms with Gasteiger partial charge in [0, 0.05) is 31.4 Å². The molecular weight excluding hydrogens is 314 g/mol. The van der Waals surface area contributed by atoms with Gasteiger partial charge in [-0.2, -0.15) is 0 Å². The molecule has 0 fully saturated rings. The Morgan fingerprint density at radius 1 is 1.28 bits per heavy atom. The van der Waals surface area contributed by atoms with E-state index >= 15 is 0 Å². The normalized spacial score (nSPS) is 14.0. The second kappa shape index (κ2) is 6.55. The van der Waals surface area contributed by atoms with E-state index in [1.165, 1.54) is 11.1 Å². The largest absolute Gasteiger partial charge is 0.493 e. The fraction of sp³-hybridized carbons (Fsp3) is 0.316. The molecule has 1 atom stereocenters. The van der Waals surface area contributed by atoms with Gasteiger partial charge in [-0.1, -0.05) is 13.0 Å². The van der Waals surface area contributed by atoms with Crippen LogP contribution in [0.15, 0.2) is 43.0 Å². The van der Waals surface area contributed by atoms with Crippen LogP contribution in [-0.2, 0) is 13.5 Å². The van der Waals surface area contributed by atoms with Crippen molar-refractivity contribution in [2.24, 2.45) is 7.05 Å². The Kier molecular flexibility index (Phi) is 4.09. The third kappa shape index (κ3) is 3.07. The molecule has 0 saturated heterocycles. The predicted molar refractivity (Wildman–Crippen MR) is 96.5 cm³/mol. The molecule has 3 aromatic rings.